The van der Waals surface area contributed by atoms with Crippen molar-refractivity contribution in [2.75, 3.05) is 0 Å². The van der Waals surface area contributed by atoms with Crippen molar-refractivity contribution in [1.29, 1.82) is 0 Å². The minimum atomic E-state index is 0.706. The highest BCUT2D eigenvalue weighted by atomic mass is 14.9. The van der Waals surface area contributed by atoms with Crippen LogP contribution in [0.5, 0.6) is 0 Å². The number of benzene rings is 9. The van der Waals surface area contributed by atoms with Crippen molar-refractivity contribution in [3.05, 3.63) is 259 Å². The van der Waals surface area contributed by atoms with Crippen molar-refractivity contribution in [3.8, 4) is 66.8 Å². The highest BCUT2D eigenvalue weighted by molar-refractivity contribution is 6.14. The van der Waals surface area contributed by atoms with Crippen LogP contribution in [0.3, 0.4) is 0 Å². The van der Waals surface area contributed by atoms with Gasteiger partial charge in [-0.05, 0) is 116 Å². The van der Waals surface area contributed by atoms with Crippen molar-refractivity contribution >= 4 is 17.2 Å². The minimum absolute atomic E-state index is 0.706. The molecule has 0 saturated carbocycles. The van der Waals surface area contributed by atoms with Crippen LogP contribution in [0.4, 0.5) is 0 Å². The van der Waals surface area contributed by atoms with Gasteiger partial charge in [-0.25, -0.2) is 9.98 Å². The van der Waals surface area contributed by atoms with Crippen molar-refractivity contribution in [3.63, 3.8) is 0 Å². The van der Waals surface area contributed by atoms with Gasteiger partial charge in [0.2, 0.25) is 0 Å². The molecular weight excluding hydrogens is 761 g/mol. The molecule has 0 fully saturated rings. The van der Waals surface area contributed by atoms with Gasteiger partial charge in [-0.15, -0.1) is 0 Å². The number of amidine groups is 1. The smallest absolute Gasteiger partial charge is 0.160 e. The first-order valence-electron chi connectivity index (χ1n) is 21.8. The topological polar surface area (TPSA) is 24.7 Å². The minimum Gasteiger partial charge on any atom is -0.232 e. The summed E-state index contributed by atoms with van der Waals surface area (Å²) in [6, 6.07) is 84.5. The number of allylic oxidation sites excluding steroid dienone is 1. The third kappa shape index (κ3) is 8.80. The second-order valence-electron chi connectivity index (χ2n) is 16.2. The van der Waals surface area contributed by atoms with Gasteiger partial charge in [0.25, 0.3) is 0 Å². The van der Waals surface area contributed by atoms with E-state index in [1.165, 1.54) is 50.1 Å². The van der Waals surface area contributed by atoms with Gasteiger partial charge in [-0.1, -0.05) is 218 Å². The predicted molar refractivity (Wildman–Crippen MR) is 267 cm³/mol. The highest BCUT2D eigenvalue weighted by Crippen LogP contribution is 2.34. The van der Waals surface area contributed by atoms with Gasteiger partial charge in [0.1, 0.15) is 0 Å². The summed E-state index contributed by atoms with van der Waals surface area (Å²) in [6.07, 6.45) is 1.62. The Hall–Kier alpha value is -7.94. The van der Waals surface area contributed by atoms with Gasteiger partial charge in [0.15, 0.2) is 5.84 Å². The maximum atomic E-state index is 5.54. The summed E-state index contributed by atoms with van der Waals surface area (Å²) in [5, 5.41) is 0. The molecule has 0 spiro atoms. The van der Waals surface area contributed by atoms with Crippen LogP contribution in [0.15, 0.2) is 252 Å². The molecule has 0 unspecified atom stereocenters. The molecule has 9 aromatic carbocycles. The molecule has 0 aliphatic carbocycles. The maximum Gasteiger partial charge on any atom is 0.160 e. The van der Waals surface area contributed by atoms with Crippen molar-refractivity contribution in [1.82, 2.24) is 0 Å². The third-order valence-electron chi connectivity index (χ3n) is 12.0. The number of aliphatic imine (C=N–C) groups is 2. The van der Waals surface area contributed by atoms with Gasteiger partial charge in [-0.2, -0.15) is 0 Å². The van der Waals surface area contributed by atoms with E-state index in [4.69, 9.17) is 9.98 Å². The average molecular weight is 807 g/mol. The first-order chi connectivity index (χ1) is 31.1. The fourth-order valence-corrected chi connectivity index (χ4v) is 8.50. The van der Waals surface area contributed by atoms with E-state index < -0.39 is 0 Å². The molecule has 2 nitrogen and oxygen atoms in total. The van der Waals surface area contributed by atoms with E-state index in [1.807, 2.05) is 0 Å². The summed E-state index contributed by atoms with van der Waals surface area (Å²) in [7, 11) is 0. The van der Waals surface area contributed by atoms with E-state index in [-0.39, 0.29) is 0 Å². The van der Waals surface area contributed by atoms with E-state index in [1.54, 1.807) is 0 Å². The predicted octanol–water partition coefficient (Wildman–Crippen LogP) is 16.1. The molecule has 0 radical (unpaired) electrons. The first-order valence-corrected chi connectivity index (χ1v) is 21.8. The van der Waals surface area contributed by atoms with Crippen LogP contribution in [0.1, 0.15) is 36.5 Å². The van der Waals surface area contributed by atoms with Gasteiger partial charge < -0.3 is 0 Å². The molecule has 0 atom stereocenters. The van der Waals surface area contributed by atoms with Crippen LogP contribution < -0.4 is 0 Å². The molecule has 10 rings (SSSR count). The monoisotopic (exact) mass is 806 g/mol. The summed E-state index contributed by atoms with van der Waals surface area (Å²) >= 11 is 0. The summed E-state index contributed by atoms with van der Waals surface area (Å²) in [5.41, 5.74) is 20.6. The number of rotatable bonds is 9. The quantitative estimate of drug-likeness (QED) is 0.139. The van der Waals surface area contributed by atoms with Crippen molar-refractivity contribution in [2.24, 2.45) is 9.98 Å². The lowest BCUT2D eigenvalue weighted by Gasteiger charge is -2.18. The molecule has 0 N–H and O–H groups in total. The lowest BCUT2D eigenvalue weighted by molar-refractivity contribution is 1.00. The van der Waals surface area contributed by atoms with Crippen molar-refractivity contribution in [2.45, 2.75) is 19.8 Å². The fraction of sp³-hybridized carbons (Fsp3) is 0.0492. The van der Waals surface area contributed by atoms with Crippen LogP contribution in [0, 0.1) is 0 Å². The van der Waals surface area contributed by atoms with Gasteiger partial charge in [-0.3, -0.25) is 0 Å². The zero-order valence-corrected chi connectivity index (χ0v) is 35.3. The maximum absolute atomic E-state index is 5.54. The number of nitrogens with zero attached hydrogens (tertiary/aromatic N) is 2. The van der Waals surface area contributed by atoms with E-state index in [9.17, 15) is 0 Å². The summed E-state index contributed by atoms with van der Waals surface area (Å²) in [6.45, 7) is 2.23. The molecule has 1 aliphatic rings. The zero-order valence-electron chi connectivity index (χ0n) is 35.3. The normalized spacial score (nSPS) is 15.6. The summed E-state index contributed by atoms with van der Waals surface area (Å²) in [4.78, 5) is 11.1. The van der Waals surface area contributed by atoms with Gasteiger partial charge in [0.05, 0.1) is 11.4 Å². The fourth-order valence-electron chi connectivity index (χ4n) is 8.50. The Morgan fingerprint density at radius 1 is 0.254 bits per heavy atom. The van der Waals surface area contributed by atoms with E-state index in [0.717, 1.165) is 63.2 Å². The molecule has 0 bridgehead atoms. The summed E-state index contributed by atoms with van der Waals surface area (Å²) < 4.78 is 0. The Morgan fingerprint density at radius 3 is 0.984 bits per heavy atom. The molecule has 9 aromatic rings. The van der Waals surface area contributed by atoms with Crippen LogP contribution in [0.2, 0.25) is 0 Å². The largest absolute Gasteiger partial charge is 0.232 e. The molecule has 1 aliphatic heterocycles. The van der Waals surface area contributed by atoms with E-state index in [2.05, 4.69) is 244 Å². The molecule has 63 heavy (non-hydrogen) atoms. The third-order valence-corrected chi connectivity index (χ3v) is 12.0. The lowest BCUT2D eigenvalue weighted by atomic mass is 9.94. The van der Waals surface area contributed by atoms with Crippen LogP contribution in [-0.4, -0.2) is 11.5 Å². The van der Waals surface area contributed by atoms with Crippen LogP contribution >= 0.6 is 0 Å². The van der Waals surface area contributed by atoms with Gasteiger partial charge >= 0.3 is 0 Å². The van der Waals surface area contributed by atoms with Gasteiger partial charge in [0, 0.05) is 11.1 Å². The Kier molecular flexibility index (Phi) is 11.2. The number of hydrogen-bond acceptors (Lipinski definition) is 2. The molecule has 300 valence electrons. The Morgan fingerprint density at radius 2 is 0.556 bits per heavy atom. The van der Waals surface area contributed by atoms with Crippen LogP contribution in [0.25, 0.3) is 72.5 Å². The average Bonchev–Trinajstić information content (AvgIpc) is 3.36. The molecule has 0 aromatic heterocycles. The molecule has 0 amide bonds. The zero-order chi connectivity index (χ0) is 42.4. The second kappa shape index (κ2) is 18.0. The number of hydrogen-bond donors (Lipinski definition) is 0. The molecule has 0 saturated heterocycles. The Labute approximate surface area is 371 Å². The highest BCUT2D eigenvalue weighted by Gasteiger charge is 2.18. The standard InChI is InChI=1S/C61H46N2/c1-43-26-39-59(56-23-11-20-53(40-56)50-33-27-47(28-34-50)44-14-5-2-6-15-44)62-61(58-25-13-22-55(42-58)52-37-31-49(32-38-52)46-18-9-4-10-19-46)63-60(43)57-24-12-21-54(41-57)51-35-29-48(30-36-51)45-16-7-3-8-17-45/h2-25,27-38,40-42H,26,39H2,1H3/b60-43+,62-59+,63-61-. The molecular formula is C61H46N2. The SMILES string of the molecule is C\C1=C(c2cccc(-c3ccc(-c4ccccc4)cc3)c2)/N=C(c2cccc(-c3ccc(-c4ccccc4)cc3)c2)\N=C(\c2cccc(-c3ccc(-c4ccccc4)cc3)c2)CC1. The summed E-state index contributed by atoms with van der Waals surface area (Å²) in [5.74, 6) is 0.706. The van der Waals surface area contributed by atoms with E-state index in [0.29, 0.717) is 5.84 Å². The Balaban J connectivity index is 1.03. The second-order valence-corrected chi connectivity index (χ2v) is 16.2. The molecule has 1 heterocycles. The Bertz CT molecular complexity index is 3100. The first kappa shape index (κ1) is 39.2. The van der Waals surface area contributed by atoms with Crippen molar-refractivity contribution < 1.29 is 0 Å². The lowest BCUT2D eigenvalue weighted by Crippen LogP contribution is -2.11. The van der Waals surface area contributed by atoms with Crippen LogP contribution in [-0.2, 0) is 0 Å². The van der Waals surface area contributed by atoms with E-state index >= 15 is 0 Å². The molecule has 2 heteroatoms.